The van der Waals surface area contributed by atoms with E-state index in [9.17, 15) is 0 Å². The van der Waals surface area contributed by atoms with Crippen LogP contribution in [0.25, 0.3) is 0 Å². The molecule has 0 amide bonds. The highest BCUT2D eigenvalue weighted by Gasteiger charge is 2.37. The Hall–Kier alpha value is -0.420. The molecule has 4 heteroatoms. The van der Waals surface area contributed by atoms with Gasteiger partial charge < -0.3 is 14.6 Å². The van der Waals surface area contributed by atoms with Gasteiger partial charge in [-0.15, -0.1) is 0 Å². The Bertz CT molecular complexity index is 369. The first-order chi connectivity index (χ1) is 7.63. The standard InChI is InChI=1S/C12H15BrO3/c1-12(15-8-10(7-14)16-12)6-9-4-2-3-5-11(9)13/h2-5,10,14H,6-8H2,1H3. The maximum Gasteiger partial charge on any atom is 0.170 e. The molecule has 1 saturated heterocycles. The van der Waals surface area contributed by atoms with Crippen molar-refractivity contribution in [2.24, 2.45) is 0 Å². The maximum atomic E-state index is 9.00. The second-order valence-electron chi connectivity index (χ2n) is 4.14. The minimum atomic E-state index is -0.628. The van der Waals surface area contributed by atoms with Crippen LogP contribution in [0.4, 0.5) is 0 Å². The van der Waals surface area contributed by atoms with Crippen molar-refractivity contribution in [3.8, 4) is 0 Å². The van der Waals surface area contributed by atoms with Crippen molar-refractivity contribution in [3.63, 3.8) is 0 Å². The van der Waals surface area contributed by atoms with Gasteiger partial charge in [-0.2, -0.15) is 0 Å². The van der Waals surface area contributed by atoms with Crippen LogP contribution in [-0.2, 0) is 15.9 Å². The molecule has 1 N–H and O–H groups in total. The van der Waals surface area contributed by atoms with Gasteiger partial charge in [0.05, 0.1) is 13.2 Å². The number of hydrogen-bond acceptors (Lipinski definition) is 3. The van der Waals surface area contributed by atoms with Crippen molar-refractivity contribution in [1.29, 1.82) is 0 Å². The first kappa shape index (κ1) is 12.0. The minimum Gasteiger partial charge on any atom is -0.394 e. The second kappa shape index (κ2) is 4.84. The molecule has 1 heterocycles. The molecule has 2 unspecified atom stereocenters. The molecule has 0 aromatic heterocycles. The summed E-state index contributed by atoms with van der Waals surface area (Å²) in [6, 6.07) is 8.00. The lowest BCUT2D eigenvalue weighted by molar-refractivity contribution is -0.156. The van der Waals surface area contributed by atoms with Crippen LogP contribution in [-0.4, -0.2) is 30.2 Å². The molecule has 0 saturated carbocycles. The van der Waals surface area contributed by atoms with Crippen molar-refractivity contribution in [3.05, 3.63) is 34.3 Å². The summed E-state index contributed by atoms with van der Waals surface area (Å²) in [6.07, 6.45) is 0.470. The summed E-state index contributed by atoms with van der Waals surface area (Å²) in [5.74, 6) is -0.628. The van der Waals surface area contributed by atoms with Gasteiger partial charge in [-0.25, -0.2) is 0 Å². The van der Waals surface area contributed by atoms with E-state index in [0.29, 0.717) is 13.0 Å². The van der Waals surface area contributed by atoms with Crippen molar-refractivity contribution in [1.82, 2.24) is 0 Å². The lowest BCUT2D eigenvalue weighted by Gasteiger charge is -2.23. The molecule has 1 fully saturated rings. The predicted octanol–water partition coefficient (Wildman–Crippen LogP) is 2.12. The zero-order valence-corrected chi connectivity index (χ0v) is 10.7. The molecule has 1 aliphatic rings. The van der Waals surface area contributed by atoms with Gasteiger partial charge in [0, 0.05) is 10.9 Å². The molecule has 0 spiro atoms. The smallest absolute Gasteiger partial charge is 0.170 e. The van der Waals surface area contributed by atoms with E-state index in [1.807, 2.05) is 31.2 Å². The molecule has 0 bridgehead atoms. The minimum absolute atomic E-state index is 0.00551. The number of hydrogen-bond donors (Lipinski definition) is 1. The third-order valence-electron chi connectivity index (χ3n) is 2.66. The molecule has 1 aliphatic heterocycles. The van der Waals surface area contributed by atoms with Gasteiger partial charge in [-0.3, -0.25) is 0 Å². The molecule has 0 radical (unpaired) electrons. The number of ether oxygens (including phenoxy) is 2. The van der Waals surface area contributed by atoms with Gasteiger partial charge in [-0.05, 0) is 18.6 Å². The van der Waals surface area contributed by atoms with E-state index in [0.717, 1.165) is 10.0 Å². The predicted molar refractivity (Wildman–Crippen MR) is 64.2 cm³/mol. The molecule has 1 aromatic carbocycles. The molecule has 88 valence electrons. The lowest BCUT2D eigenvalue weighted by Crippen LogP contribution is -2.30. The summed E-state index contributed by atoms with van der Waals surface area (Å²) in [5, 5.41) is 9.00. The second-order valence-corrected chi connectivity index (χ2v) is 4.99. The fourth-order valence-electron chi connectivity index (χ4n) is 1.86. The van der Waals surface area contributed by atoms with E-state index in [4.69, 9.17) is 14.6 Å². The lowest BCUT2D eigenvalue weighted by atomic mass is 10.1. The summed E-state index contributed by atoms with van der Waals surface area (Å²) < 4.78 is 12.3. The Morgan fingerprint density at radius 3 is 2.88 bits per heavy atom. The zero-order chi connectivity index (χ0) is 11.6. The van der Waals surface area contributed by atoms with Crippen LogP contribution in [0.5, 0.6) is 0 Å². The number of rotatable bonds is 3. The molecular formula is C12H15BrO3. The van der Waals surface area contributed by atoms with Gasteiger partial charge in [0.2, 0.25) is 0 Å². The average molecular weight is 287 g/mol. The van der Waals surface area contributed by atoms with Crippen LogP contribution in [0.3, 0.4) is 0 Å². The van der Waals surface area contributed by atoms with Gasteiger partial charge in [0.15, 0.2) is 5.79 Å². The summed E-state index contributed by atoms with van der Waals surface area (Å²) in [6.45, 7) is 2.37. The van der Waals surface area contributed by atoms with Gasteiger partial charge in [0.1, 0.15) is 6.10 Å². The molecular weight excluding hydrogens is 272 g/mol. The molecule has 2 atom stereocenters. The van der Waals surface area contributed by atoms with E-state index in [1.165, 1.54) is 0 Å². The first-order valence-electron chi connectivity index (χ1n) is 5.29. The third kappa shape index (κ3) is 2.63. The highest BCUT2D eigenvalue weighted by atomic mass is 79.9. The summed E-state index contributed by atoms with van der Waals surface area (Å²) in [5.41, 5.74) is 1.14. The maximum absolute atomic E-state index is 9.00. The van der Waals surface area contributed by atoms with Crippen LogP contribution in [0, 0.1) is 0 Å². The molecule has 1 aromatic rings. The van der Waals surface area contributed by atoms with Crippen molar-refractivity contribution in [2.75, 3.05) is 13.2 Å². The van der Waals surface area contributed by atoms with Gasteiger partial charge in [-0.1, -0.05) is 34.1 Å². The van der Waals surface area contributed by atoms with Crippen LogP contribution >= 0.6 is 15.9 Å². The zero-order valence-electron chi connectivity index (χ0n) is 9.15. The normalized spacial score (nSPS) is 29.6. The summed E-state index contributed by atoms with van der Waals surface area (Å²) in [4.78, 5) is 0. The van der Waals surface area contributed by atoms with E-state index in [1.54, 1.807) is 0 Å². The molecule has 2 rings (SSSR count). The summed E-state index contributed by atoms with van der Waals surface area (Å²) in [7, 11) is 0. The van der Waals surface area contributed by atoms with E-state index >= 15 is 0 Å². The fourth-order valence-corrected chi connectivity index (χ4v) is 2.29. The largest absolute Gasteiger partial charge is 0.394 e. The number of benzene rings is 1. The topological polar surface area (TPSA) is 38.7 Å². The van der Waals surface area contributed by atoms with Gasteiger partial charge >= 0.3 is 0 Å². The Labute approximate surface area is 104 Å². The third-order valence-corrected chi connectivity index (χ3v) is 3.44. The molecule has 3 nitrogen and oxygen atoms in total. The quantitative estimate of drug-likeness (QED) is 0.925. The Morgan fingerprint density at radius 2 is 2.25 bits per heavy atom. The monoisotopic (exact) mass is 286 g/mol. The highest BCUT2D eigenvalue weighted by Crippen LogP contribution is 2.29. The van der Waals surface area contributed by atoms with Crippen LogP contribution in [0.15, 0.2) is 28.7 Å². The first-order valence-corrected chi connectivity index (χ1v) is 6.08. The fraction of sp³-hybridized carbons (Fsp3) is 0.500. The van der Waals surface area contributed by atoms with Gasteiger partial charge in [0.25, 0.3) is 0 Å². The van der Waals surface area contributed by atoms with Crippen molar-refractivity contribution < 1.29 is 14.6 Å². The molecule has 16 heavy (non-hydrogen) atoms. The van der Waals surface area contributed by atoms with Crippen LogP contribution < -0.4 is 0 Å². The number of halogens is 1. The number of aliphatic hydroxyl groups excluding tert-OH is 1. The molecule has 0 aliphatic carbocycles. The van der Waals surface area contributed by atoms with Crippen LogP contribution in [0.2, 0.25) is 0 Å². The van der Waals surface area contributed by atoms with E-state index in [-0.39, 0.29) is 12.7 Å². The van der Waals surface area contributed by atoms with E-state index < -0.39 is 5.79 Å². The Morgan fingerprint density at radius 1 is 1.50 bits per heavy atom. The van der Waals surface area contributed by atoms with E-state index in [2.05, 4.69) is 15.9 Å². The SMILES string of the molecule is CC1(Cc2ccccc2Br)OCC(CO)O1. The summed E-state index contributed by atoms with van der Waals surface area (Å²) >= 11 is 3.50. The Kier molecular flexibility index (Phi) is 3.64. The average Bonchev–Trinajstić information content (AvgIpc) is 2.64. The Balaban J connectivity index is 2.08. The highest BCUT2D eigenvalue weighted by molar-refractivity contribution is 9.10. The van der Waals surface area contributed by atoms with Crippen molar-refractivity contribution >= 4 is 15.9 Å². The van der Waals surface area contributed by atoms with Crippen molar-refractivity contribution in [2.45, 2.75) is 25.2 Å². The van der Waals surface area contributed by atoms with Crippen LogP contribution in [0.1, 0.15) is 12.5 Å². The number of aliphatic hydroxyl groups is 1.